The van der Waals surface area contributed by atoms with Gasteiger partial charge in [-0.2, -0.15) is 9.40 Å². The van der Waals surface area contributed by atoms with Gasteiger partial charge in [-0.05, 0) is 67.9 Å². The molecule has 2 heterocycles. The van der Waals surface area contributed by atoms with Gasteiger partial charge in [0.05, 0.1) is 10.6 Å². The zero-order chi connectivity index (χ0) is 22.0. The number of aryl methyl sites for hydroxylation is 1. The Morgan fingerprint density at radius 1 is 0.935 bits per heavy atom. The number of sulfonamides is 1. The number of carbonyl (C=O) groups excluding carboxylic acids is 1. The van der Waals surface area contributed by atoms with Crippen molar-refractivity contribution in [2.75, 3.05) is 26.2 Å². The summed E-state index contributed by atoms with van der Waals surface area (Å²) >= 11 is 0. The van der Waals surface area contributed by atoms with Crippen LogP contribution in [0.3, 0.4) is 0 Å². The molecule has 162 valence electrons. The predicted molar refractivity (Wildman–Crippen MR) is 114 cm³/mol. The number of halogens is 1. The Balaban J connectivity index is 1.45. The summed E-state index contributed by atoms with van der Waals surface area (Å²) in [5, 5.41) is 4.26. The lowest BCUT2D eigenvalue weighted by molar-refractivity contribution is 0.0764. The fraction of sp³-hybridized carbons (Fsp3) is 0.273. The molecule has 0 atom stereocenters. The van der Waals surface area contributed by atoms with E-state index in [1.54, 1.807) is 27.9 Å². The van der Waals surface area contributed by atoms with Crippen molar-refractivity contribution in [1.82, 2.24) is 19.0 Å². The third kappa shape index (κ3) is 4.38. The first-order valence-corrected chi connectivity index (χ1v) is 11.5. The summed E-state index contributed by atoms with van der Waals surface area (Å²) in [5.74, 6) is -0.620. The largest absolute Gasteiger partial charge is 0.337 e. The first-order chi connectivity index (χ1) is 14.9. The van der Waals surface area contributed by atoms with Gasteiger partial charge in [-0.3, -0.25) is 4.79 Å². The molecule has 0 N–H and O–H groups in total. The molecule has 0 aliphatic carbocycles. The van der Waals surface area contributed by atoms with E-state index in [-0.39, 0.29) is 17.3 Å². The van der Waals surface area contributed by atoms with Crippen molar-refractivity contribution in [1.29, 1.82) is 0 Å². The number of aromatic nitrogens is 2. The zero-order valence-electron chi connectivity index (χ0n) is 17.1. The number of hydrogen-bond donors (Lipinski definition) is 0. The Morgan fingerprint density at radius 2 is 1.65 bits per heavy atom. The molecule has 7 nitrogen and oxygen atoms in total. The first kappa shape index (κ1) is 21.2. The van der Waals surface area contributed by atoms with E-state index in [1.165, 1.54) is 16.4 Å². The second-order valence-electron chi connectivity index (χ2n) is 7.44. The summed E-state index contributed by atoms with van der Waals surface area (Å²) in [6, 6.07) is 13.9. The van der Waals surface area contributed by atoms with Gasteiger partial charge >= 0.3 is 0 Å². The van der Waals surface area contributed by atoms with Gasteiger partial charge in [0.25, 0.3) is 5.91 Å². The standard InChI is InChI=1S/C22H23FN4O3S/c1-17-11-12-24-27(17)20-7-3-18(4-8-20)22(28)25-13-2-14-26(16-15-25)31(29,30)21-9-5-19(23)6-10-21/h3-12H,2,13-16H2,1H3. The van der Waals surface area contributed by atoms with E-state index in [2.05, 4.69) is 5.10 Å². The maximum absolute atomic E-state index is 13.2. The highest BCUT2D eigenvalue weighted by atomic mass is 32.2. The number of nitrogens with zero attached hydrogens (tertiary/aromatic N) is 4. The van der Waals surface area contributed by atoms with Crippen LogP contribution in [0.1, 0.15) is 22.5 Å². The fourth-order valence-corrected chi connectivity index (χ4v) is 5.13. The highest BCUT2D eigenvalue weighted by molar-refractivity contribution is 7.89. The third-order valence-electron chi connectivity index (χ3n) is 5.38. The van der Waals surface area contributed by atoms with Gasteiger partial charge in [0, 0.05) is 43.6 Å². The van der Waals surface area contributed by atoms with Gasteiger partial charge in [-0.1, -0.05) is 0 Å². The molecule has 31 heavy (non-hydrogen) atoms. The van der Waals surface area contributed by atoms with Crippen LogP contribution in [-0.4, -0.2) is 59.5 Å². The smallest absolute Gasteiger partial charge is 0.253 e. The topological polar surface area (TPSA) is 75.5 Å². The molecule has 0 saturated carbocycles. The van der Waals surface area contributed by atoms with Crippen molar-refractivity contribution >= 4 is 15.9 Å². The van der Waals surface area contributed by atoms with Crippen LogP contribution >= 0.6 is 0 Å². The summed E-state index contributed by atoms with van der Waals surface area (Å²) in [7, 11) is -3.73. The quantitative estimate of drug-likeness (QED) is 0.623. The number of hydrogen-bond acceptors (Lipinski definition) is 4. The predicted octanol–water partition coefficient (Wildman–Crippen LogP) is 2.86. The van der Waals surface area contributed by atoms with Gasteiger partial charge in [0.1, 0.15) is 5.82 Å². The van der Waals surface area contributed by atoms with Crippen molar-refractivity contribution in [3.05, 3.63) is 77.9 Å². The highest BCUT2D eigenvalue weighted by Gasteiger charge is 2.28. The molecule has 1 aliphatic rings. The summed E-state index contributed by atoms with van der Waals surface area (Å²) in [6.07, 6.45) is 2.24. The average Bonchev–Trinajstić information content (AvgIpc) is 3.04. The minimum absolute atomic E-state index is 0.0539. The summed E-state index contributed by atoms with van der Waals surface area (Å²) in [4.78, 5) is 14.7. The maximum atomic E-state index is 13.2. The van der Waals surface area contributed by atoms with Crippen molar-refractivity contribution in [2.45, 2.75) is 18.2 Å². The third-order valence-corrected chi connectivity index (χ3v) is 7.30. The molecule has 1 saturated heterocycles. The highest BCUT2D eigenvalue weighted by Crippen LogP contribution is 2.19. The molecule has 1 aromatic heterocycles. The van der Waals surface area contributed by atoms with E-state index >= 15 is 0 Å². The molecular weight excluding hydrogens is 419 g/mol. The van der Waals surface area contributed by atoms with E-state index < -0.39 is 15.8 Å². The fourth-order valence-electron chi connectivity index (χ4n) is 3.66. The normalized spacial score (nSPS) is 15.6. The Labute approximate surface area is 180 Å². The second kappa shape index (κ2) is 8.60. The van der Waals surface area contributed by atoms with E-state index in [9.17, 15) is 17.6 Å². The van der Waals surface area contributed by atoms with Gasteiger partial charge in [-0.25, -0.2) is 17.5 Å². The number of amides is 1. The monoisotopic (exact) mass is 442 g/mol. The lowest BCUT2D eigenvalue weighted by atomic mass is 10.1. The van der Waals surface area contributed by atoms with Crippen LogP contribution < -0.4 is 0 Å². The van der Waals surface area contributed by atoms with Crippen LogP contribution in [-0.2, 0) is 10.0 Å². The molecule has 3 aromatic rings. The van der Waals surface area contributed by atoms with Gasteiger partial charge in [0.15, 0.2) is 0 Å². The van der Waals surface area contributed by atoms with Crippen molar-refractivity contribution < 1.29 is 17.6 Å². The molecule has 0 unspecified atom stereocenters. The van der Waals surface area contributed by atoms with Crippen molar-refractivity contribution in [3.63, 3.8) is 0 Å². The summed E-state index contributed by atoms with van der Waals surface area (Å²) < 4.78 is 42.0. The summed E-state index contributed by atoms with van der Waals surface area (Å²) in [5.41, 5.74) is 2.41. The lowest BCUT2D eigenvalue weighted by Crippen LogP contribution is -2.37. The Kier molecular flexibility index (Phi) is 5.88. The van der Waals surface area contributed by atoms with Gasteiger partial charge in [0.2, 0.25) is 10.0 Å². The number of carbonyl (C=O) groups is 1. The Bertz CT molecular complexity index is 1170. The Hall–Kier alpha value is -3.04. The SMILES string of the molecule is Cc1ccnn1-c1ccc(C(=O)N2CCCN(S(=O)(=O)c3ccc(F)cc3)CC2)cc1. The van der Waals surface area contributed by atoms with Gasteiger partial charge in [-0.15, -0.1) is 0 Å². The molecule has 9 heteroatoms. The molecule has 1 fully saturated rings. The Morgan fingerprint density at radius 3 is 2.29 bits per heavy atom. The molecule has 1 aliphatic heterocycles. The van der Waals surface area contributed by atoms with E-state index in [0.29, 0.717) is 31.6 Å². The van der Waals surface area contributed by atoms with Crippen LogP contribution in [0.5, 0.6) is 0 Å². The number of rotatable bonds is 4. The minimum atomic E-state index is -3.73. The number of benzene rings is 2. The van der Waals surface area contributed by atoms with Crippen molar-refractivity contribution in [2.24, 2.45) is 0 Å². The molecule has 0 radical (unpaired) electrons. The first-order valence-electron chi connectivity index (χ1n) is 10.0. The molecule has 2 aromatic carbocycles. The summed E-state index contributed by atoms with van der Waals surface area (Å²) in [6.45, 7) is 3.21. The minimum Gasteiger partial charge on any atom is -0.337 e. The zero-order valence-corrected chi connectivity index (χ0v) is 17.9. The van der Waals surface area contributed by atoms with Crippen LogP contribution in [0.4, 0.5) is 4.39 Å². The van der Waals surface area contributed by atoms with Crippen LogP contribution in [0.2, 0.25) is 0 Å². The van der Waals surface area contributed by atoms with E-state index in [4.69, 9.17) is 0 Å². The second-order valence-corrected chi connectivity index (χ2v) is 9.37. The van der Waals surface area contributed by atoms with E-state index in [0.717, 1.165) is 23.5 Å². The van der Waals surface area contributed by atoms with Crippen molar-refractivity contribution in [3.8, 4) is 5.69 Å². The maximum Gasteiger partial charge on any atom is 0.253 e. The van der Waals surface area contributed by atoms with Crippen LogP contribution in [0.25, 0.3) is 5.69 Å². The average molecular weight is 443 g/mol. The molecule has 0 spiro atoms. The molecular formula is C22H23FN4O3S. The molecule has 0 bridgehead atoms. The van der Waals surface area contributed by atoms with E-state index in [1.807, 2.05) is 25.1 Å². The lowest BCUT2D eigenvalue weighted by Gasteiger charge is -2.22. The van der Waals surface area contributed by atoms with Crippen LogP contribution in [0, 0.1) is 12.7 Å². The van der Waals surface area contributed by atoms with Crippen LogP contribution in [0.15, 0.2) is 65.7 Å². The molecule has 1 amide bonds. The van der Waals surface area contributed by atoms with Gasteiger partial charge < -0.3 is 4.90 Å². The molecule has 4 rings (SSSR count).